The van der Waals surface area contributed by atoms with Crippen molar-refractivity contribution in [3.8, 4) is 0 Å². The molecule has 110 valence electrons. The molecule has 0 saturated heterocycles. The van der Waals surface area contributed by atoms with Gasteiger partial charge in [-0.15, -0.1) is 0 Å². The molecule has 0 amide bonds. The molecule has 0 aliphatic heterocycles. The van der Waals surface area contributed by atoms with Crippen molar-refractivity contribution in [1.82, 2.24) is 0 Å². The molecule has 2 fully saturated rings. The number of carboxylic acid groups (broad SMARTS) is 2. The van der Waals surface area contributed by atoms with Crippen LogP contribution < -0.4 is 0 Å². The number of fused-ring (bicyclic) bond motifs is 1. The molecular weight excluding hydrogens is 272 g/mol. The third-order valence-electron chi connectivity index (χ3n) is 4.30. The second-order valence-corrected chi connectivity index (χ2v) is 5.06. The highest BCUT2D eigenvalue weighted by Crippen LogP contribution is 2.53. The molecule has 20 heavy (non-hydrogen) atoms. The van der Waals surface area contributed by atoms with E-state index in [1.807, 2.05) is 0 Å². The van der Waals surface area contributed by atoms with Gasteiger partial charge in [0.1, 0.15) is 12.2 Å². The number of rotatable bonds is 6. The molecule has 0 bridgehead atoms. The van der Waals surface area contributed by atoms with E-state index in [1.165, 1.54) is 0 Å². The lowest BCUT2D eigenvalue weighted by Gasteiger charge is -2.21. The van der Waals surface area contributed by atoms with Crippen LogP contribution in [-0.2, 0) is 28.7 Å². The monoisotopic (exact) mass is 286 g/mol. The van der Waals surface area contributed by atoms with Gasteiger partial charge in [0.05, 0.1) is 11.8 Å². The Kier molecular flexibility index (Phi) is 3.91. The Morgan fingerprint density at radius 3 is 1.55 bits per heavy atom. The van der Waals surface area contributed by atoms with Crippen molar-refractivity contribution >= 4 is 24.9 Å². The summed E-state index contributed by atoms with van der Waals surface area (Å²) in [6, 6.07) is 0. The lowest BCUT2D eigenvalue weighted by atomic mass is 9.88. The predicted octanol–water partition coefficient (Wildman–Crippen LogP) is -0.489. The fraction of sp³-hybridized carbons (Fsp3) is 0.667. The minimum Gasteiger partial charge on any atom is -0.481 e. The lowest BCUT2D eigenvalue weighted by molar-refractivity contribution is -0.148. The van der Waals surface area contributed by atoms with Gasteiger partial charge in [-0.25, -0.2) is 0 Å². The summed E-state index contributed by atoms with van der Waals surface area (Å²) in [7, 11) is 0. The summed E-state index contributed by atoms with van der Waals surface area (Å²) in [6.45, 7) is 0.413. The van der Waals surface area contributed by atoms with Crippen molar-refractivity contribution in [3.05, 3.63) is 0 Å². The average Bonchev–Trinajstić information content (AvgIpc) is 2.90. The van der Waals surface area contributed by atoms with Gasteiger partial charge in [0, 0.05) is 18.3 Å². The Morgan fingerprint density at radius 1 is 0.850 bits per heavy atom. The third kappa shape index (κ3) is 2.21. The van der Waals surface area contributed by atoms with Crippen LogP contribution in [0.4, 0.5) is 0 Å². The Balaban J connectivity index is 2.34. The van der Waals surface area contributed by atoms with E-state index in [9.17, 15) is 29.4 Å². The Morgan fingerprint density at radius 2 is 1.25 bits per heavy atom. The van der Waals surface area contributed by atoms with Crippen LogP contribution in [0.5, 0.6) is 0 Å². The van der Waals surface area contributed by atoms with Crippen LogP contribution in [0.3, 0.4) is 0 Å². The Labute approximate surface area is 113 Å². The van der Waals surface area contributed by atoms with E-state index in [4.69, 9.17) is 9.47 Å². The average molecular weight is 286 g/mol. The number of ether oxygens (including phenoxy) is 2. The first kappa shape index (κ1) is 14.3. The molecular formula is C12H14O8. The molecule has 0 heterocycles. The fourth-order valence-electron chi connectivity index (χ4n) is 3.65. The van der Waals surface area contributed by atoms with E-state index in [-0.39, 0.29) is 25.8 Å². The largest absolute Gasteiger partial charge is 0.481 e. The first-order valence-electron chi connectivity index (χ1n) is 6.15. The van der Waals surface area contributed by atoms with Gasteiger partial charge in [0.25, 0.3) is 12.9 Å². The van der Waals surface area contributed by atoms with Gasteiger partial charge in [-0.1, -0.05) is 0 Å². The van der Waals surface area contributed by atoms with Gasteiger partial charge in [0.15, 0.2) is 0 Å². The van der Waals surface area contributed by atoms with Gasteiger partial charge >= 0.3 is 11.9 Å². The molecule has 2 rings (SSSR count). The summed E-state index contributed by atoms with van der Waals surface area (Å²) >= 11 is 0. The number of aliphatic carboxylic acids is 2. The third-order valence-corrected chi connectivity index (χ3v) is 4.30. The zero-order valence-electron chi connectivity index (χ0n) is 10.4. The quantitative estimate of drug-likeness (QED) is 0.626. The lowest BCUT2D eigenvalue weighted by Crippen LogP contribution is -2.31. The minimum atomic E-state index is -1.13. The molecule has 0 aromatic carbocycles. The summed E-state index contributed by atoms with van der Waals surface area (Å²) in [4.78, 5) is 43.6. The number of carbonyl (C=O) groups excluding carboxylic acids is 2. The normalized spacial score (nSPS) is 38.8. The van der Waals surface area contributed by atoms with E-state index >= 15 is 0 Å². The van der Waals surface area contributed by atoms with Crippen molar-refractivity contribution in [2.75, 3.05) is 0 Å². The zero-order chi connectivity index (χ0) is 14.9. The maximum Gasteiger partial charge on any atom is 0.306 e. The molecule has 2 aliphatic rings. The van der Waals surface area contributed by atoms with Crippen LogP contribution in [0.2, 0.25) is 0 Å². The standard InChI is InChI=1S/C12H14O8/c13-3-19-7-2-8(20-4-14)10-6(12(17)18)1-5(9(7)10)11(15)16/h3-10H,1-2H2,(H,15,16)(H,17,18). The first-order valence-corrected chi connectivity index (χ1v) is 6.15. The SMILES string of the molecule is O=COC1CC(OC=O)C2C(C(=O)O)CC(C(=O)O)C12. The van der Waals surface area contributed by atoms with Gasteiger partial charge in [-0.2, -0.15) is 0 Å². The van der Waals surface area contributed by atoms with Crippen LogP contribution in [-0.4, -0.2) is 47.3 Å². The molecule has 0 aromatic rings. The van der Waals surface area contributed by atoms with Gasteiger partial charge in [-0.05, 0) is 6.42 Å². The van der Waals surface area contributed by atoms with Crippen LogP contribution in [0.25, 0.3) is 0 Å². The molecule has 6 unspecified atom stereocenters. The van der Waals surface area contributed by atoms with Crippen molar-refractivity contribution in [3.63, 3.8) is 0 Å². The molecule has 2 aliphatic carbocycles. The first-order chi connectivity index (χ1) is 9.51. The second-order valence-electron chi connectivity index (χ2n) is 5.06. The molecule has 2 saturated carbocycles. The number of hydrogen-bond acceptors (Lipinski definition) is 6. The van der Waals surface area contributed by atoms with Crippen molar-refractivity contribution in [2.45, 2.75) is 25.0 Å². The molecule has 8 nitrogen and oxygen atoms in total. The summed E-state index contributed by atoms with van der Waals surface area (Å²) in [5.74, 6) is -5.41. The minimum absolute atomic E-state index is 0.0581. The maximum atomic E-state index is 11.3. The van der Waals surface area contributed by atoms with Crippen LogP contribution >= 0.6 is 0 Å². The molecule has 2 N–H and O–H groups in total. The molecule has 0 aromatic heterocycles. The van der Waals surface area contributed by atoms with Crippen molar-refractivity contribution in [1.29, 1.82) is 0 Å². The van der Waals surface area contributed by atoms with Crippen LogP contribution in [0.1, 0.15) is 12.8 Å². The smallest absolute Gasteiger partial charge is 0.306 e. The topological polar surface area (TPSA) is 127 Å². The van der Waals surface area contributed by atoms with E-state index in [0.29, 0.717) is 0 Å². The zero-order valence-corrected chi connectivity index (χ0v) is 10.4. The summed E-state index contributed by atoms with van der Waals surface area (Å²) in [5, 5.41) is 18.4. The van der Waals surface area contributed by atoms with Gasteiger partial charge < -0.3 is 19.7 Å². The summed E-state index contributed by atoms with van der Waals surface area (Å²) in [5.41, 5.74) is 0. The van der Waals surface area contributed by atoms with Crippen LogP contribution in [0, 0.1) is 23.7 Å². The van der Waals surface area contributed by atoms with E-state index in [2.05, 4.69) is 0 Å². The number of hydrogen-bond donors (Lipinski definition) is 2. The molecule has 0 spiro atoms. The second kappa shape index (κ2) is 5.48. The maximum absolute atomic E-state index is 11.3. The summed E-state index contributed by atoms with van der Waals surface area (Å²) in [6.07, 6.45) is -1.42. The number of carbonyl (C=O) groups is 4. The Bertz CT molecular complexity index is 395. The van der Waals surface area contributed by atoms with Gasteiger partial charge in [-0.3, -0.25) is 19.2 Å². The van der Waals surface area contributed by atoms with Crippen molar-refractivity contribution < 1.29 is 38.9 Å². The molecule has 8 heteroatoms. The van der Waals surface area contributed by atoms with Crippen molar-refractivity contribution in [2.24, 2.45) is 23.7 Å². The van der Waals surface area contributed by atoms with Gasteiger partial charge in [0.2, 0.25) is 0 Å². The highest BCUT2D eigenvalue weighted by molar-refractivity contribution is 5.76. The molecule has 6 atom stereocenters. The van der Waals surface area contributed by atoms with E-state index in [0.717, 1.165) is 0 Å². The van der Waals surface area contributed by atoms with E-state index < -0.39 is 47.8 Å². The highest BCUT2D eigenvalue weighted by Gasteiger charge is 2.61. The van der Waals surface area contributed by atoms with Crippen LogP contribution in [0.15, 0.2) is 0 Å². The molecule has 0 radical (unpaired) electrons. The van der Waals surface area contributed by atoms with E-state index in [1.54, 1.807) is 0 Å². The predicted molar refractivity (Wildman–Crippen MR) is 60.3 cm³/mol. The highest BCUT2D eigenvalue weighted by atomic mass is 16.5. The fourth-order valence-corrected chi connectivity index (χ4v) is 3.65. The number of carboxylic acids is 2. The summed E-state index contributed by atoms with van der Waals surface area (Å²) < 4.78 is 9.74. The Hall–Kier alpha value is -2.12.